The Balaban J connectivity index is 0.00000280. The maximum absolute atomic E-state index is 6.96. The molecule has 2 heteroatoms. The van der Waals surface area contributed by atoms with E-state index in [9.17, 15) is 0 Å². The molecule has 0 aliphatic heterocycles. The molecule has 0 saturated carbocycles. The van der Waals surface area contributed by atoms with E-state index < -0.39 is 0 Å². The lowest BCUT2D eigenvalue weighted by Crippen LogP contribution is -2.41. The van der Waals surface area contributed by atoms with Crippen LogP contribution < -0.4 is 5.73 Å². The fourth-order valence-corrected chi connectivity index (χ4v) is 3.74. The average Bonchev–Trinajstić information content (AvgIpc) is 2.73. The van der Waals surface area contributed by atoms with Gasteiger partial charge in [-0.2, -0.15) is 0 Å². The van der Waals surface area contributed by atoms with Crippen LogP contribution in [0.1, 0.15) is 42.4 Å². The molecule has 2 N–H and O–H groups in total. The lowest BCUT2D eigenvalue weighted by molar-refractivity contribution is 0.331. The second-order valence-electron chi connectivity index (χ2n) is 7.67. The van der Waals surface area contributed by atoms with E-state index >= 15 is 0 Å². The number of hydrogen-bond acceptors (Lipinski definition) is 1. The highest BCUT2D eigenvalue weighted by Crippen LogP contribution is 2.25. The molecule has 0 spiro atoms. The zero-order valence-electron chi connectivity index (χ0n) is 16.6. The molecule has 0 fully saturated rings. The molecule has 0 amide bonds. The maximum atomic E-state index is 6.96. The Morgan fingerprint density at radius 3 is 1.25 bits per heavy atom. The number of aryl methyl sites for hydroxylation is 3. The highest BCUT2D eigenvalue weighted by atomic mass is 79.9. The normalized spacial score (nSPS) is 11.0. The first-order valence-corrected chi connectivity index (χ1v) is 10.1. The van der Waals surface area contributed by atoms with Crippen LogP contribution in [0, 0.1) is 0 Å². The monoisotopic (exact) mass is 437 g/mol. The van der Waals surface area contributed by atoms with Crippen molar-refractivity contribution < 1.29 is 0 Å². The van der Waals surface area contributed by atoms with Crippen molar-refractivity contribution in [2.24, 2.45) is 5.73 Å². The zero-order chi connectivity index (χ0) is 18.8. The molecule has 0 radical (unpaired) electrons. The van der Waals surface area contributed by atoms with Gasteiger partial charge in [-0.3, -0.25) is 0 Å². The summed E-state index contributed by atoms with van der Waals surface area (Å²) in [5.74, 6) is 0. The summed E-state index contributed by atoms with van der Waals surface area (Å²) < 4.78 is 0. The van der Waals surface area contributed by atoms with E-state index in [1.807, 2.05) is 0 Å². The quantitative estimate of drug-likeness (QED) is 0.382. The topological polar surface area (TPSA) is 26.0 Å². The van der Waals surface area contributed by atoms with Crippen molar-refractivity contribution in [3.63, 3.8) is 0 Å². The molecule has 0 saturated heterocycles. The Labute approximate surface area is 180 Å². The zero-order valence-corrected chi connectivity index (χ0v) is 18.3. The van der Waals surface area contributed by atoms with Gasteiger partial charge in [-0.1, -0.05) is 91.0 Å². The summed E-state index contributed by atoms with van der Waals surface area (Å²) in [6, 6.07) is 32.2. The van der Waals surface area contributed by atoms with E-state index in [1.54, 1.807) is 0 Å². The molecule has 3 rings (SSSR count). The van der Waals surface area contributed by atoms with Gasteiger partial charge in [-0.15, -0.1) is 17.0 Å². The second-order valence-corrected chi connectivity index (χ2v) is 7.67. The minimum atomic E-state index is -0.111. The van der Waals surface area contributed by atoms with Crippen molar-refractivity contribution in [2.45, 2.75) is 50.5 Å². The van der Waals surface area contributed by atoms with Crippen molar-refractivity contribution >= 4 is 17.0 Å². The summed E-state index contributed by atoms with van der Waals surface area (Å²) in [5.41, 5.74) is 11.0. The number of halogens is 1. The van der Waals surface area contributed by atoms with E-state index in [4.69, 9.17) is 5.73 Å². The number of rotatable bonds is 10. The Kier molecular flexibility index (Phi) is 9.46. The third kappa shape index (κ3) is 7.61. The van der Waals surface area contributed by atoms with Crippen molar-refractivity contribution in [3.05, 3.63) is 108 Å². The molecule has 148 valence electrons. The predicted octanol–water partition coefficient (Wildman–Crippen LogP) is 6.55. The van der Waals surface area contributed by atoms with Crippen molar-refractivity contribution in [2.75, 3.05) is 0 Å². The SMILES string of the molecule is Br.NC(CCCc1ccccc1)(CCc1ccccc1)CCc1ccccc1. The van der Waals surface area contributed by atoms with Gasteiger partial charge in [-0.25, -0.2) is 0 Å². The standard InChI is InChI=1S/C26H31N.BrH/c27-26(21-18-24-13-6-2-7-14-24,22-19-25-15-8-3-9-16-25)20-10-17-23-11-4-1-5-12-23;/h1-9,11-16H,10,17-22,27H2;1H. The number of nitrogens with two attached hydrogens (primary N) is 1. The number of benzene rings is 3. The molecular weight excluding hydrogens is 406 g/mol. The fourth-order valence-electron chi connectivity index (χ4n) is 3.74. The Morgan fingerprint density at radius 1 is 0.500 bits per heavy atom. The molecule has 1 nitrogen and oxygen atoms in total. The summed E-state index contributed by atoms with van der Waals surface area (Å²) in [5, 5.41) is 0. The molecule has 0 aliphatic rings. The average molecular weight is 438 g/mol. The highest BCUT2D eigenvalue weighted by Gasteiger charge is 2.24. The van der Waals surface area contributed by atoms with Gasteiger partial charge in [0.1, 0.15) is 0 Å². The van der Waals surface area contributed by atoms with Gasteiger partial charge < -0.3 is 5.73 Å². The predicted molar refractivity (Wildman–Crippen MR) is 126 cm³/mol. The van der Waals surface area contributed by atoms with Crippen molar-refractivity contribution in [1.82, 2.24) is 0 Å². The van der Waals surface area contributed by atoms with E-state index in [-0.39, 0.29) is 22.5 Å². The van der Waals surface area contributed by atoms with Crippen LogP contribution in [0.5, 0.6) is 0 Å². The van der Waals surface area contributed by atoms with Crippen LogP contribution in [0.2, 0.25) is 0 Å². The Morgan fingerprint density at radius 2 is 0.857 bits per heavy atom. The lowest BCUT2D eigenvalue weighted by Gasteiger charge is -2.30. The maximum Gasteiger partial charge on any atom is 0.0160 e. The Hall–Kier alpha value is -1.90. The van der Waals surface area contributed by atoms with Gasteiger partial charge in [0, 0.05) is 5.54 Å². The largest absolute Gasteiger partial charge is 0.325 e. The van der Waals surface area contributed by atoms with Gasteiger partial charge in [0.05, 0.1) is 0 Å². The summed E-state index contributed by atoms with van der Waals surface area (Å²) in [6.45, 7) is 0. The first-order valence-electron chi connectivity index (χ1n) is 10.1. The molecule has 0 aliphatic carbocycles. The van der Waals surface area contributed by atoms with E-state index in [0.717, 1.165) is 44.9 Å². The molecule has 3 aromatic carbocycles. The van der Waals surface area contributed by atoms with E-state index in [1.165, 1.54) is 16.7 Å². The molecule has 0 heterocycles. The number of hydrogen-bond donors (Lipinski definition) is 1. The molecule has 0 unspecified atom stereocenters. The molecule has 0 bridgehead atoms. The molecule has 3 aromatic rings. The van der Waals surface area contributed by atoms with Crippen LogP contribution in [-0.4, -0.2) is 5.54 Å². The van der Waals surface area contributed by atoms with Gasteiger partial charge >= 0.3 is 0 Å². The lowest BCUT2D eigenvalue weighted by atomic mass is 9.82. The summed E-state index contributed by atoms with van der Waals surface area (Å²) in [4.78, 5) is 0. The summed E-state index contributed by atoms with van der Waals surface area (Å²) >= 11 is 0. The minimum Gasteiger partial charge on any atom is -0.325 e. The first kappa shape index (κ1) is 22.4. The van der Waals surface area contributed by atoms with Crippen LogP contribution in [0.15, 0.2) is 91.0 Å². The van der Waals surface area contributed by atoms with Crippen LogP contribution in [0.4, 0.5) is 0 Å². The first-order chi connectivity index (χ1) is 13.2. The van der Waals surface area contributed by atoms with Crippen LogP contribution >= 0.6 is 17.0 Å². The van der Waals surface area contributed by atoms with Crippen LogP contribution in [0.3, 0.4) is 0 Å². The summed E-state index contributed by atoms with van der Waals surface area (Å²) in [6.07, 6.45) is 7.51. The van der Waals surface area contributed by atoms with Gasteiger partial charge in [0.25, 0.3) is 0 Å². The molecule has 0 aromatic heterocycles. The second kappa shape index (κ2) is 11.8. The highest BCUT2D eigenvalue weighted by molar-refractivity contribution is 8.93. The molecular formula is C26H32BrN. The summed E-state index contributed by atoms with van der Waals surface area (Å²) in [7, 11) is 0. The van der Waals surface area contributed by atoms with E-state index in [0.29, 0.717) is 0 Å². The van der Waals surface area contributed by atoms with Crippen LogP contribution in [0.25, 0.3) is 0 Å². The van der Waals surface area contributed by atoms with Gasteiger partial charge in [0.15, 0.2) is 0 Å². The third-order valence-corrected chi connectivity index (χ3v) is 5.49. The minimum absolute atomic E-state index is 0. The fraction of sp³-hybridized carbons (Fsp3) is 0.308. The van der Waals surface area contributed by atoms with Crippen molar-refractivity contribution in [3.8, 4) is 0 Å². The molecule has 28 heavy (non-hydrogen) atoms. The van der Waals surface area contributed by atoms with E-state index in [2.05, 4.69) is 91.0 Å². The third-order valence-electron chi connectivity index (χ3n) is 5.49. The molecule has 0 atom stereocenters. The van der Waals surface area contributed by atoms with Crippen LogP contribution in [-0.2, 0) is 19.3 Å². The van der Waals surface area contributed by atoms with Gasteiger partial charge in [0.2, 0.25) is 0 Å². The smallest absolute Gasteiger partial charge is 0.0160 e. The van der Waals surface area contributed by atoms with Gasteiger partial charge in [-0.05, 0) is 61.6 Å². The van der Waals surface area contributed by atoms with Crippen molar-refractivity contribution in [1.29, 1.82) is 0 Å². The Bertz CT molecular complexity index is 728.